The van der Waals surface area contributed by atoms with Gasteiger partial charge in [-0.3, -0.25) is 14.4 Å². The molecule has 1 N–H and O–H groups in total. The van der Waals surface area contributed by atoms with Crippen molar-refractivity contribution in [2.75, 3.05) is 5.32 Å². The Bertz CT molecular complexity index is 915. The zero-order valence-electron chi connectivity index (χ0n) is 19.4. The number of hydrogen-bond donors (Lipinski definition) is 1. The van der Waals surface area contributed by atoms with Crippen molar-refractivity contribution in [2.24, 2.45) is 5.41 Å². The van der Waals surface area contributed by atoms with E-state index < -0.39 is 23.6 Å². The Hall–Kier alpha value is -2.89. The molecule has 0 bridgehead atoms. The maximum Gasteiger partial charge on any atom is 0.307 e. The van der Waals surface area contributed by atoms with E-state index in [1.165, 1.54) is 12.5 Å². The van der Waals surface area contributed by atoms with Crippen molar-refractivity contribution in [3.63, 3.8) is 0 Å². The first-order chi connectivity index (χ1) is 15.2. The Morgan fingerprint density at radius 3 is 2.56 bits per heavy atom. The molecule has 4 atom stereocenters. The molecule has 3 rings (SSSR count). The van der Waals surface area contributed by atoms with E-state index in [9.17, 15) is 14.4 Å². The van der Waals surface area contributed by atoms with Gasteiger partial charge in [0.2, 0.25) is 0 Å². The number of ether oxygens (including phenoxy) is 2. The molecule has 2 aliphatic rings. The fourth-order valence-electron chi connectivity index (χ4n) is 4.60. The number of ketones is 1. The van der Waals surface area contributed by atoms with E-state index in [0.29, 0.717) is 0 Å². The van der Waals surface area contributed by atoms with Crippen molar-refractivity contribution in [3.8, 4) is 0 Å². The second-order valence-electron chi connectivity index (χ2n) is 9.17. The third-order valence-electron chi connectivity index (χ3n) is 6.21. The summed E-state index contributed by atoms with van der Waals surface area (Å²) < 4.78 is 11.3. The van der Waals surface area contributed by atoms with Crippen LogP contribution in [0, 0.1) is 5.41 Å². The molecule has 1 aliphatic carbocycles. The number of para-hydroxylation sites is 1. The minimum Gasteiger partial charge on any atom is -0.460 e. The monoisotopic (exact) mass is 439 g/mol. The smallest absolute Gasteiger partial charge is 0.307 e. The largest absolute Gasteiger partial charge is 0.460 e. The molecule has 2 fully saturated rings. The first kappa shape index (κ1) is 23.8. The van der Waals surface area contributed by atoms with Gasteiger partial charge in [-0.15, -0.1) is 0 Å². The van der Waals surface area contributed by atoms with Gasteiger partial charge in [0.15, 0.2) is 0 Å². The summed E-state index contributed by atoms with van der Waals surface area (Å²) in [5, 5.41) is 3.33. The van der Waals surface area contributed by atoms with Gasteiger partial charge < -0.3 is 14.8 Å². The van der Waals surface area contributed by atoms with Crippen LogP contribution in [0.3, 0.4) is 0 Å². The second kappa shape index (κ2) is 10.2. The first-order valence-electron chi connectivity index (χ1n) is 11.2. The molecule has 1 unspecified atom stereocenters. The van der Waals surface area contributed by atoms with Gasteiger partial charge in [0.25, 0.3) is 0 Å². The molecule has 1 aromatic rings. The lowest BCUT2D eigenvalue weighted by molar-refractivity contribution is -0.156. The van der Waals surface area contributed by atoms with Crippen molar-refractivity contribution in [1.29, 1.82) is 0 Å². The van der Waals surface area contributed by atoms with Gasteiger partial charge in [-0.25, -0.2) is 0 Å². The highest BCUT2D eigenvalue weighted by Gasteiger charge is 2.58. The highest BCUT2D eigenvalue weighted by molar-refractivity contribution is 5.94. The molecule has 1 aromatic carbocycles. The molecular formula is C26H33NO5. The highest BCUT2D eigenvalue weighted by atomic mass is 16.6. The summed E-state index contributed by atoms with van der Waals surface area (Å²) in [6.45, 7) is 7.48. The lowest BCUT2D eigenvalue weighted by Gasteiger charge is -2.42. The van der Waals surface area contributed by atoms with Crippen molar-refractivity contribution < 1.29 is 23.9 Å². The van der Waals surface area contributed by atoms with Crippen LogP contribution in [-0.2, 0) is 23.9 Å². The minimum absolute atomic E-state index is 0.0179. The van der Waals surface area contributed by atoms with Crippen molar-refractivity contribution in [2.45, 2.75) is 78.0 Å². The average molecular weight is 440 g/mol. The van der Waals surface area contributed by atoms with Crippen LogP contribution in [0.2, 0.25) is 0 Å². The summed E-state index contributed by atoms with van der Waals surface area (Å²) in [7, 11) is 0. The van der Waals surface area contributed by atoms with Crippen molar-refractivity contribution in [1.82, 2.24) is 0 Å². The molecule has 1 aliphatic heterocycles. The number of cyclic esters (lactones) is 1. The van der Waals surface area contributed by atoms with Crippen LogP contribution in [-0.4, -0.2) is 36.0 Å². The highest BCUT2D eigenvalue weighted by Crippen LogP contribution is 2.47. The standard InChI is InChI=1S/C26H33NO5/c1-17(2)9-8-10-18(3)13-24-26(16-25(30)32-24)15-22(31-19(4)28)21(14-23(26)29)27-20-11-6-5-7-12-20/h5-7,9,11-13,21-22,24,27H,8,10,14-16H2,1-4H3/b18-13+/t21-,22-,24+,26?/m0/s1. The predicted molar refractivity (Wildman–Crippen MR) is 123 cm³/mol. The van der Waals surface area contributed by atoms with E-state index in [4.69, 9.17) is 9.47 Å². The Morgan fingerprint density at radius 1 is 1.19 bits per heavy atom. The van der Waals surface area contributed by atoms with Gasteiger partial charge in [0, 0.05) is 25.5 Å². The van der Waals surface area contributed by atoms with E-state index in [1.54, 1.807) is 0 Å². The Balaban J connectivity index is 1.84. The maximum absolute atomic E-state index is 13.4. The van der Waals surface area contributed by atoms with E-state index >= 15 is 0 Å². The number of anilines is 1. The molecule has 1 heterocycles. The molecule has 172 valence electrons. The van der Waals surface area contributed by atoms with Crippen LogP contribution in [0.25, 0.3) is 0 Å². The van der Waals surface area contributed by atoms with Crippen LogP contribution in [0.1, 0.15) is 59.8 Å². The third-order valence-corrected chi connectivity index (χ3v) is 6.21. The van der Waals surface area contributed by atoms with Gasteiger partial charge in [-0.1, -0.05) is 35.4 Å². The average Bonchev–Trinajstić information content (AvgIpc) is 3.01. The SMILES string of the molecule is CC(=O)O[C@H]1CC2(CC(=O)O[C@@H]2/C=C(\C)CCC=C(C)C)C(=O)C[C@@H]1Nc1ccccc1. The van der Waals surface area contributed by atoms with E-state index in [0.717, 1.165) is 24.1 Å². The zero-order chi connectivity index (χ0) is 23.3. The Labute approximate surface area is 190 Å². The molecule has 32 heavy (non-hydrogen) atoms. The summed E-state index contributed by atoms with van der Waals surface area (Å²) >= 11 is 0. The molecule has 1 saturated carbocycles. The van der Waals surface area contributed by atoms with E-state index in [2.05, 4.69) is 25.2 Å². The van der Waals surface area contributed by atoms with Crippen molar-refractivity contribution in [3.05, 3.63) is 53.6 Å². The van der Waals surface area contributed by atoms with E-state index in [1.807, 2.05) is 43.3 Å². The molecule has 6 heteroatoms. The maximum atomic E-state index is 13.4. The number of esters is 2. The number of nitrogens with one attached hydrogen (secondary N) is 1. The Morgan fingerprint density at radius 2 is 1.91 bits per heavy atom. The van der Waals surface area contributed by atoms with Gasteiger partial charge in [-0.2, -0.15) is 0 Å². The van der Waals surface area contributed by atoms with Gasteiger partial charge in [0.1, 0.15) is 18.0 Å². The van der Waals surface area contributed by atoms with Crippen molar-refractivity contribution >= 4 is 23.4 Å². The van der Waals surface area contributed by atoms with Crippen LogP contribution in [0.15, 0.2) is 53.6 Å². The number of rotatable bonds is 7. The lowest BCUT2D eigenvalue weighted by atomic mass is 9.65. The summed E-state index contributed by atoms with van der Waals surface area (Å²) in [6, 6.07) is 9.16. The minimum atomic E-state index is -0.996. The zero-order valence-corrected chi connectivity index (χ0v) is 19.4. The molecule has 0 radical (unpaired) electrons. The lowest BCUT2D eigenvalue weighted by Crippen LogP contribution is -2.54. The first-order valence-corrected chi connectivity index (χ1v) is 11.2. The molecule has 1 spiro atoms. The van der Waals surface area contributed by atoms with Gasteiger partial charge >= 0.3 is 11.9 Å². The number of hydrogen-bond acceptors (Lipinski definition) is 6. The van der Waals surface area contributed by atoms with E-state index in [-0.39, 0.29) is 37.1 Å². The summed E-state index contributed by atoms with van der Waals surface area (Å²) in [6.07, 6.45) is 5.05. The predicted octanol–water partition coefficient (Wildman–Crippen LogP) is 4.76. The fourth-order valence-corrected chi connectivity index (χ4v) is 4.60. The molecule has 6 nitrogen and oxygen atoms in total. The number of benzene rings is 1. The molecular weight excluding hydrogens is 406 g/mol. The van der Waals surface area contributed by atoms with Crippen LogP contribution >= 0.6 is 0 Å². The molecule has 1 saturated heterocycles. The molecule has 0 aromatic heterocycles. The summed E-state index contributed by atoms with van der Waals surface area (Å²) in [4.78, 5) is 37.6. The summed E-state index contributed by atoms with van der Waals surface area (Å²) in [5.74, 6) is -0.819. The summed E-state index contributed by atoms with van der Waals surface area (Å²) in [5.41, 5.74) is 2.18. The van der Waals surface area contributed by atoms with Crippen LogP contribution in [0.4, 0.5) is 5.69 Å². The number of allylic oxidation sites excluding steroid dienone is 3. The second-order valence-corrected chi connectivity index (χ2v) is 9.17. The molecule has 0 amide bonds. The van der Waals surface area contributed by atoms with Crippen LogP contribution < -0.4 is 5.32 Å². The number of carbonyl (C=O) groups excluding carboxylic acids is 3. The third kappa shape index (κ3) is 5.67. The quantitative estimate of drug-likeness (QED) is 0.487. The fraction of sp³-hybridized carbons (Fsp3) is 0.500. The van der Waals surface area contributed by atoms with Crippen LogP contribution in [0.5, 0.6) is 0 Å². The topological polar surface area (TPSA) is 81.7 Å². The van der Waals surface area contributed by atoms with Gasteiger partial charge in [-0.05, 0) is 51.8 Å². The number of carbonyl (C=O) groups is 3. The number of Topliss-reactive ketones (excluding diaryl/α,β-unsaturated/α-hetero) is 1. The Kier molecular flexibility index (Phi) is 7.54. The van der Waals surface area contributed by atoms with Gasteiger partial charge in [0.05, 0.1) is 17.9 Å². The normalized spacial score (nSPS) is 27.8.